The molecule has 33 heavy (non-hydrogen) atoms. The number of amides is 1. The molecule has 0 radical (unpaired) electrons. The molecular weight excluding hydrogens is 414 g/mol. The number of anilines is 1. The zero-order chi connectivity index (χ0) is 24.1. The molecule has 0 aliphatic carbocycles. The van der Waals surface area contributed by atoms with Crippen molar-refractivity contribution < 1.29 is 14.3 Å². The van der Waals surface area contributed by atoms with Gasteiger partial charge < -0.3 is 14.6 Å². The van der Waals surface area contributed by atoms with Crippen molar-refractivity contribution in [2.24, 2.45) is 0 Å². The fourth-order valence-electron chi connectivity index (χ4n) is 3.61. The van der Waals surface area contributed by atoms with Gasteiger partial charge in [0.05, 0.1) is 12.2 Å². The molecule has 0 aliphatic rings. The number of hydrogen-bond acceptors (Lipinski definition) is 4. The summed E-state index contributed by atoms with van der Waals surface area (Å²) in [6.07, 6.45) is 1.60. The Kier molecular flexibility index (Phi) is 7.14. The van der Waals surface area contributed by atoms with Crippen LogP contribution in [0.15, 0.2) is 54.1 Å². The third-order valence-electron chi connectivity index (χ3n) is 5.54. The number of carbonyl (C=O) groups is 2. The van der Waals surface area contributed by atoms with E-state index >= 15 is 0 Å². The van der Waals surface area contributed by atoms with Crippen LogP contribution in [0.3, 0.4) is 0 Å². The van der Waals surface area contributed by atoms with E-state index in [0.717, 1.165) is 33.8 Å². The van der Waals surface area contributed by atoms with Crippen LogP contribution in [0.25, 0.3) is 11.8 Å². The molecule has 3 aromatic rings. The molecule has 1 heterocycles. The molecular formula is C27H27N3O3. The van der Waals surface area contributed by atoms with E-state index in [1.165, 1.54) is 0 Å². The van der Waals surface area contributed by atoms with Crippen molar-refractivity contribution in [2.75, 3.05) is 11.9 Å². The molecule has 3 rings (SSSR count). The number of nitrogens with zero attached hydrogens (tertiary/aromatic N) is 2. The van der Waals surface area contributed by atoms with Crippen LogP contribution in [0.4, 0.5) is 5.69 Å². The lowest BCUT2D eigenvalue weighted by Crippen LogP contribution is -2.13. The zero-order valence-corrected chi connectivity index (χ0v) is 19.5. The molecule has 0 unspecified atom stereocenters. The first-order valence-electron chi connectivity index (χ1n) is 10.7. The zero-order valence-electron chi connectivity index (χ0n) is 19.5. The highest BCUT2D eigenvalue weighted by Gasteiger charge is 2.15. The van der Waals surface area contributed by atoms with Gasteiger partial charge in [-0.15, -0.1) is 0 Å². The Labute approximate surface area is 194 Å². The van der Waals surface area contributed by atoms with Crippen molar-refractivity contribution >= 4 is 23.6 Å². The molecule has 1 aromatic heterocycles. The van der Waals surface area contributed by atoms with Crippen LogP contribution in [-0.4, -0.2) is 23.1 Å². The first-order valence-corrected chi connectivity index (χ1v) is 10.7. The number of esters is 1. The fourth-order valence-corrected chi connectivity index (χ4v) is 3.61. The van der Waals surface area contributed by atoms with Gasteiger partial charge in [-0.2, -0.15) is 5.26 Å². The number of aryl methyl sites for hydroxylation is 3. The van der Waals surface area contributed by atoms with Crippen LogP contribution < -0.4 is 5.32 Å². The highest BCUT2D eigenvalue weighted by Crippen LogP contribution is 2.24. The maximum Gasteiger partial charge on any atom is 0.338 e. The van der Waals surface area contributed by atoms with E-state index in [4.69, 9.17) is 4.74 Å². The maximum atomic E-state index is 12.7. The molecule has 0 aliphatic heterocycles. The monoisotopic (exact) mass is 441 g/mol. The number of nitrogens with one attached hydrogen (secondary N) is 1. The Morgan fingerprint density at radius 3 is 2.33 bits per heavy atom. The molecule has 0 saturated heterocycles. The van der Waals surface area contributed by atoms with Gasteiger partial charge in [0.2, 0.25) is 0 Å². The second kappa shape index (κ2) is 10.0. The Balaban J connectivity index is 1.88. The lowest BCUT2D eigenvalue weighted by atomic mass is 10.1. The number of hydrogen-bond donors (Lipinski definition) is 1. The normalized spacial score (nSPS) is 11.1. The van der Waals surface area contributed by atoms with Gasteiger partial charge in [-0.1, -0.05) is 6.07 Å². The standard InChI is InChI=1S/C27H27N3O3/c1-6-33-27(32)21-8-11-25(12-9-21)30-19(4)14-22(20(30)5)15-23(16-28)26(31)29-24-10-7-17(2)18(3)13-24/h7-15H,6H2,1-5H3,(H,29,31)/b23-15+. The smallest absolute Gasteiger partial charge is 0.338 e. The Bertz CT molecular complexity index is 1280. The first kappa shape index (κ1) is 23.6. The second-order valence-corrected chi connectivity index (χ2v) is 7.85. The van der Waals surface area contributed by atoms with Crippen LogP contribution in [0.1, 0.15) is 45.4 Å². The Morgan fingerprint density at radius 2 is 1.73 bits per heavy atom. The largest absolute Gasteiger partial charge is 0.462 e. The third kappa shape index (κ3) is 5.21. The van der Waals surface area contributed by atoms with Gasteiger partial charge in [0, 0.05) is 22.8 Å². The van der Waals surface area contributed by atoms with Crippen molar-refractivity contribution in [3.8, 4) is 11.8 Å². The van der Waals surface area contributed by atoms with Crippen molar-refractivity contribution in [1.82, 2.24) is 4.57 Å². The molecule has 6 nitrogen and oxygen atoms in total. The lowest BCUT2D eigenvalue weighted by molar-refractivity contribution is -0.112. The van der Waals surface area contributed by atoms with Gasteiger partial charge in [-0.3, -0.25) is 4.79 Å². The molecule has 0 saturated carbocycles. The lowest BCUT2D eigenvalue weighted by Gasteiger charge is -2.11. The summed E-state index contributed by atoms with van der Waals surface area (Å²) in [5, 5.41) is 12.4. The summed E-state index contributed by atoms with van der Waals surface area (Å²) in [4.78, 5) is 24.6. The summed E-state index contributed by atoms with van der Waals surface area (Å²) in [7, 11) is 0. The van der Waals surface area contributed by atoms with E-state index in [1.54, 1.807) is 25.1 Å². The van der Waals surface area contributed by atoms with Crippen molar-refractivity contribution in [1.29, 1.82) is 5.26 Å². The molecule has 0 bridgehead atoms. The molecule has 0 spiro atoms. The van der Waals surface area contributed by atoms with E-state index in [-0.39, 0.29) is 11.5 Å². The Morgan fingerprint density at radius 1 is 1.03 bits per heavy atom. The summed E-state index contributed by atoms with van der Waals surface area (Å²) in [5.41, 5.74) is 6.81. The van der Waals surface area contributed by atoms with Crippen LogP contribution in [0.5, 0.6) is 0 Å². The number of carbonyl (C=O) groups excluding carboxylic acids is 2. The summed E-state index contributed by atoms with van der Waals surface area (Å²) in [6, 6.07) is 16.7. The highest BCUT2D eigenvalue weighted by atomic mass is 16.5. The average molecular weight is 442 g/mol. The van der Waals surface area contributed by atoms with Crippen molar-refractivity contribution in [3.05, 3.63) is 87.7 Å². The molecule has 168 valence electrons. The molecule has 1 amide bonds. The molecule has 6 heteroatoms. The van der Waals surface area contributed by atoms with Gasteiger partial charge in [-0.05, 0) is 99.8 Å². The number of aromatic nitrogens is 1. The molecule has 1 N–H and O–H groups in total. The summed E-state index contributed by atoms with van der Waals surface area (Å²) >= 11 is 0. The second-order valence-electron chi connectivity index (χ2n) is 7.85. The predicted molar refractivity (Wildman–Crippen MR) is 129 cm³/mol. The quantitative estimate of drug-likeness (QED) is 0.314. The fraction of sp³-hybridized carbons (Fsp3) is 0.222. The van der Waals surface area contributed by atoms with Gasteiger partial charge in [-0.25, -0.2) is 4.79 Å². The minimum absolute atomic E-state index is 0.0196. The average Bonchev–Trinajstić information content (AvgIpc) is 3.07. The van der Waals surface area contributed by atoms with Crippen molar-refractivity contribution in [3.63, 3.8) is 0 Å². The van der Waals surface area contributed by atoms with Crippen LogP contribution in [-0.2, 0) is 9.53 Å². The number of benzene rings is 2. The Hall–Kier alpha value is -4.11. The summed E-state index contributed by atoms with van der Waals surface area (Å²) in [5.74, 6) is -0.814. The number of rotatable bonds is 6. The molecule has 0 fully saturated rings. The van der Waals surface area contributed by atoms with Gasteiger partial charge in [0.1, 0.15) is 11.6 Å². The summed E-state index contributed by atoms with van der Waals surface area (Å²) < 4.78 is 7.05. The highest BCUT2D eigenvalue weighted by molar-refractivity contribution is 6.09. The van der Waals surface area contributed by atoms with E-state index in [9.17, 15) is 14.9 Å². The molecule has 2 aromatic carbocycles. The van der Waals surface area contributed by atoms with Crippen LogP contribution >= 0.6 is 0 Å². The number of ether oxygens (including phenoxy) is 1. The van der Waals surface area contributed by atoms with Crippen molar-refractivity contribution in [2.45, 2.75) is 34.6 Å². The third-order valence-corrected chi connectivity index (χ3v) is 5.54. The minimum Gasteiger partial charge on any atom is -0.462 e. The maximum absolute atomic E-state index is 12.7. The minimum atomic E-state index is -0.454. The first-order chi connectivity index (χ1) is 15.7. The van der Waals surface area contributed by atoms with E-state index in [2.05, 4.69) is 5.32 Å². The van der Waals surface area contributed by atoms with E-state index in [1.807, 2.05) is 74.7 Å². The van der Waals surface area contributed by atoms with E-state index in [0.29, 0.717) is 17.9 Å². The number of nitriles is 1. The van der Waals surface area contributed by atoms with Gasteiger partial charge >= 0.3 is 5.97 Å². The predicted octanol–water partition coefficient (Wildman–Crippen LogP) is 5.43. The SMILES string of the molecule is CCOC(=O)c1ccc(-n2c(C)cc(/C=C(\C#N)C(=O)Nc3ccc(C)c(C)c3)c2C)cc1. The van der Waals surface area contributed by atoms with Gasteiger partial charge in [0.15, 0.2) is 0 Å². The topological polar surface area (TPSA) is 84.1 Å². The van der Waals surface area contributed by atoms with Crippen LogP contribution in [0.2, 0.25) is 0 Å². The molecule has 0 atom stereocenters. The van der Waals surface area contributed by atoms with Gasteiger partial charge in [0.25, 0.3) is 5.91 Å². The summed E-state index contributed by atoms with van der Waals surface area (Å²) in [6.45, 7) is 9.94. The van der Waals surface area contributed by atoms with E-state index < -0.39 is 5.91 Å². The van der Waals surface area contributed by atoms with Crippen LogP contribution in [0, 0.1) is 39.0 Å².